The summed E-state index contributed by atoms with van der Waals surface area (Å²) >= 11 is 0. The highest BCUT2D eigenvalue weighted by atomic mass is 16.5. The first kappa shape index (κ1) is 24.4. The summed E-state index contributed by atoms with van der Waals surface area (Å²) in [5, 5.41) is 14.6. The standard InChI is InChI=1S/C26H35N7O3/c1-18(34)28-21-6-8-22(9-7-21)29-25(35)17-32-10-12-33(13-11-32)26-30-23(16-27-31-26)20-5-4-19-3-2-14-36-24(19)15-20/h4-5,15-16,21-22H,2-3,6-14,17H2,1H3,(H,28,34)(H,29,35). The molecule has 3 aliphatic rings. The molecule has 1 aromatic carbocycles. The van der Waals surface area contributed by atoms with Crippen molar-refractivity contribution in [1.29, 1.82) is 0 Å². The van der Waals surface area contributed by atoms with Crippen molar-refractivity contribution in [2.75, 3.05) is 44.2 Å². The van der Waals surface area contributed by atoms with E-state index in [-0.39, 0.29) is 23.9 Å². The number of anilines is 1. The van der Waals surface area contributed by atoms with Crippen LogP contribution < -0.4 is 20.3 Å². The second-order valence-corrected chi connectivity index (χ2v) is 10.00. The van der Waals surface area contributed by atoms with Crippen LogP contribution >= 0.6 is 0 Å². The third-order valence-corrected chi connectivity index (χ3v) is 7.28. The molecule has 0 spiro atoms. The Balaban J connectivity index is 1.10. The number of ether oxygens (including phenoxy) is 1. The number of rotatable bonds is 6. The lowest BCUT2D eigenvalue weighted by Gasteiger charge is -2.35. The number of aryl methyl sites for hydroxylation is 1. The highest BCUT2D eigenvalue weighted by Crippen LogP contribution is 2.30. The normalized spacial score (nSPS) is 22.3. The Hall–Kier alpha value is -3.27. The third kappa shape index (κ3) is 6.10. The van der Waals surface area contributed by atoms with E-state index in [0.29, 0.717) is 12.5 Å². The first-order chi connectivity index (χ1) is 17.5. The fraction of sp³-hybridized carbons (Fsp3) is 0.577. The van der Waals surface area contributed by atoms with Crippen LogP contribution in [-0.4, -0.2) is 83.3 Å². The Labute approximate surface area is 211 Å². The van der Waals surface area contributed by atoms with E-state index in [1.807, 2.05) is 6.07 Å². The average molecular weight is 494 g/mol. The molecule has 36 heavy (non-hydrogen) atoms. The number of carbonyl (C=O) groups excluding carboxylic acids is 2. The minimum Gasteiger partial charge on any atom is -0.493 e. The van der Waals surface area contributed by atoms with Gasteiger partial charge in [-0.05, 0) is 50.2 Å². The lowest BCUT2D eigenvalue weighted by Crippen LogP contribution is -2.51. The van der Waals surface area contributed by atoms with E-state index in [4.69, 9.17) is 9.72 Å². The molecule has 2 N–H and O–H groups in total. The average Bonchev–Trinajstić information content (AvgIpc) is 2.90. The fourth-order valence-electron chi connectivity index (χ4n) is 5.32. The maximum absolute atomic E-state index is 12.6. The number of piperazine rings is 1. The molecule has 1 saturated carbocycles. The van der Waals surface area contributed by atoms with E-state index in [1.54, 1.807) is 13.1 Å². The van der Waals surface area contributed by atoms with Crippen molar-refractivity contribution < 1.29 is 14.3 Å². The van der Waals surface area contributed by atoms with Gasteiger partial charge in [-0.3, -0.25) is 14.5 Å². The molecule has 1 aromatic heterocycles. The minimum absolute atomic E-state index is 0.0164. The molecule has 0 unspecified atom stereocenters. The molecule has 192 valence electrons. The number of amides is 2. The predicted octanol–water partition coefficient (Wildman–Crippen LogP) is 1.55. The van der Waals surface area contributed by atoms with Crippen molar-refractivity contribution in [3.63, 3.8) is 0 Å². The zero-order chi connectivity index (χ0) is 24.9. The van der Waals surface area contributed by atoms with Gasteiger partial charge >= 0.3 is 0 Å². The number of fused-ring (bicyclic) bond motifs is 1. The van der Waals surface area contributed by atoms with Gasteiger partial charge in [-0.1, -0.05) is 12.1 Å². The van der Waals surface area contributed by atoms with Gasteiger partial charge in [0, 0.05) is 50.7 Å². The summed E-state index contributed by atoms with van der Waals surface area (Å²) in [6.45, 7) is 5.73. The smallest absolute Gasteiger partial charge is 0.245 e. The number of carbonyl (C=O) groups is 2. The Morgan fingerprint density at radius 1 is 1.06 bits per heavy atom. The van der Waals surface area contributed by atoms with Gasteiger partial charge in [-0.15, -0.1) is 5.10 Å². The summed E-state index contributed by atoms with van der Waals surface area (Å²) in [5.74, 6) is 1.64. The number of nitrogens with zero attached hydrogens (tertiary/aromatic N) is 5. The van der Waals surface area contributed by atoms with Crippen LogP contribution in [0.1, 0.15) is 44.6 Å². The summed E-state index contributed by atoms with van der Waals surface area (Å²) < 4.78 is 5.81. The zero-order valence-corrected chi connectivity index (χ0v) is 20.9. The quantitative estimate of drug-likeness (QED) is 0.623. The number of benzene rings is 1. The molecule has 0 radical (unpaired) electrons. The molecule has 2 aliphatic heterocycles. The van der Waals surface area contributed by atoms with Crippen molar-refractivity contribution in [2.24, 2.45) is 0 Å². The highest BCUT2D eigenvalue weighted by Gasteiger charge is 2.25. The summed E-state index contributed by atoms with van der Waals surface area (Å²) in [5.41, 5.74) is 3.00. The molecule has 0 atom stereocenters. The van der Waals surface area contributed by atoms with E-state index in [2.05, 4.69) is 42.8 Å². The summed E-state index contributed by atoms with van der Waals surface area (Å²) in [4.78, 5) is 32.9. The Morgan fingerprint density at radius 3 is 2.56 bits per heavy atom. The predicted molar refractivity (Wildman–Crippen MR) is 136 cm³/mol. The van der Waals surface area contributed by atoms with Crippen molar-refractivity contribution in [2.45, 2.75) is 57.5 Å². The number of aromatic nitrogens is 3. The number of hydrogen-bond donors (Lipinski definition) is 2. The molecule has 0 bridgehead atoms. The van der Waals surface area contributed by atoms with Gasteiger partial charge in [0.1, 0.15) is 5.75 Å². The molecule has 2 amide bonds. The Bertz CT molecular complexity index is 1080. The Kier molecular flexibility index (Phi) is 7.60. The van der Waals surface area contributed by atoms with Gasteiger partial charge in [0.15, 0.2) is 0 Å². The van der Waals surface area contributed by atoms with E-state index >= 15 is 0 Å². The molecule has 1 saturated heterocycles. The van der Waals surface area contributed by atoms with Gasteiger partial charge in [0.25, 0.3) is 0 Å². The SMILES string of the molecule is CC(=O)NC1CCC(NC(=O)CN2CCN(c3nncc(-c4ccc5c(c4)OCCC5)n3)CC2)CC1. The van der Waals surface area contributed by atoms with Crippen LogP contribution in [-0.2, 0) is 16.0 Å². The Morgan fingerprint density at radius 2 is 1.81 bits per heavy atom. The molecule has 2 fully saturated rings. The van der Waals surface area contributed by atoms with E-state index < -0.39 is 0 Å². The van der Waals surface area contributed by atoms with Crippen molar-refractivity contribution in [3.8, 4) is 17.0 Å². The number of nitrogens with one attached hydrogen (secondary N) is 2. The van der Waals surface area contributed by atoms with Gasteiger partial charge < -0.3 is 20.3 Å². The first-order valence-electron chi connectivity index (χ1n) is 13.0. The van der Waals surface area contributed by atoms with E-state index in [0.717, 1.165) is 88.3 Å². The van der Waals surface area contributed by atoms with Gasteiger partial charge in [0.2, 0.25) is 17.8 Å². The van der Waals surface area contributed by atoms with Crippen LogP contribution in [0.5, 0.6) is 5.75 Å². The second-order valence-electron chi connectivity index (χ2n) is 10.00. The minimum atomic E-state index is 0.0164. The van der Waals surface area contributed by atoms with E-state index in [1.165, 1.54) is 5.56 Å². The van der Waals surface area contributed by atoms with Gasteiger partial charge in [-0.2, -0.15) is 5.10 Å². The van der Waals surface area contributed by atoms with Gasteiger partial charge in [0.05, 0.1) is 25.0 Å². The third-order valence-electron chi connectivity index (χ3n) is 7.28. The summed E-state index contributed by atoms with van der Waals surface area (Å²) in [6, 6.07) is 6.67. The van der Waals surface area contributed by atoms with Crippen molar-refractivity contribution in [1.82, 2.24) is 30.7 Å². The summed E-state index contributed by atoms with van der Waals surface area (Å²) in [6.07, 6.45) is 7.43. The highest BCUT2D eigenvalue weighted by molar-refractivity contribution is 5.78. The van der Waals surface area contributed by atoms with Crippen molar-refractivity contribution in [3.05, 3.63) is 30.0 Å². The molecular weight excluding hydrogens is 458 g/mol. The van der Waals surface area contributed by atoms with Crippen LogP contribution in [0.2, 0.25) is 0 Å². The zero-order valence-electron chi connectivity index (χ0n) is 20.9. The molecule has 5 rings (SSSR count). The largest absolute Gasteiger partial charge is 0.493 e. The second kappa shape index (κ2) is 11.2. The molecule has 1 aliphatic carbocycles. The number of hydrogen-bond acceptors (Lipinski definition) is 8. The van der Waals surface area contributed by atoms with Crippen molar-refractivity contribution >= 4 is 17.8 Å². The summed E-state index contributed by atoms with van der Waals surface area (Å²) in [7, 11) is 0. The van der Waals surface area contributed by atoms with Crippen LogP contribution in [0.25, 0.3) is 11.3 Å². The van der Waals surface area contributed by atoms with Crippen LogP contribution in [0.3, 0.4) is 0 Å². The van der Waals surface area contributed by atoms with Crippen LogP contribution in [0, 0.1) is 0 Å². The monoisotopic (exact) mass is 493 g/mol. The van der Waals surface area contributed by atoms with Crippen LogP contribution in [0.4, 0.5) is 5.95 Å². The maximum Gasteiger partial charge on any atom is 0.245 e. The van der Waals surface area contributed by atoms with Gasteiger partial charge in [-0.25, -0.2) is 4.98 Å². The topological polar surface area (TPSA) is 113 Å². The molecule has 10 nitrogen and oxygen atoms in total. The molecule has 2 aromatic rings. The molecule has 10 heteroatoms. The fourth-order valence-corrected chi connectivity index (χ4v) is 5.32. The maximum atomic E-state index is 12.6. The molecular formula is C26H35N7O3. The van der Waals surface area contributed by atoms with Crippen LogP contribution in [0.15, 0.2) is 24.4 Å². The lowest BCUT2D eigenvalue weighted by molar-refractivity contribution is -0.123. The van der Waals surface area contributed by atoms with E-state index in [9.17, 15) is 9.59 Å². The lowest BCUT2D eigenvalue weighted by atomic mass is 9.91. The molecule has 3 heterocycles. The first-order valence-corrected chi connectivity index (χ1v) is 13.0.